The smallest absolute Gasteiger partial charge is 0.120 e. The Morgan fingerprint density at radius 1 is 1.16 bits per heavy atom. The van der Waals surface area contributed by atoms with E-state index in [0.717, 1.165) is 5.76 Å². The van der Waals surface area contributed by atoms with Gasteiger partial charge in [-0.3, -0.25) is 0 Å². The Kier molecular flexibility index (Phi) is 3.69. The summed E-state index contributed by atoms with van der Waals surface area (Å²) < 4.78 is 5.49. The van der Waals surface area contributed by atoms with Gasteiger partial charge in [0.25, 0.3) is 0 Å². The minimum Gasteiger partial charge on any atom is -0.468 e. The minimum absolute atomic E-state index is 0.256. The van der Waals surface area contributed by atoms with Crippen molar-refractivity contribution in [3.63, 3.8) is 0 Å². The maximum absolute atomic E-state index is 5.49. The predicted molar refractivity (Wildman–Crippen MR) is 77.0 cm³/mol. The molecule has 100 valence electrons. The molecule has 0 spiro atoms. The minimum atomic E-state index is 0.256. The Morgan fingerprint density at radius 3 is 2.89 bits per heavy atom. The van der Waals surface area contributed by atoms with Gasteiger partial charge in [0.1, 0.15) is 5.76 Å². The van der Waals surface area contributed by atoms with Crippen molar-refractivity contribution in [3.05, 3.63) is 59.5 Å². The first-order valence-corrected chi connectivity index (χ1v) is 7.22. The Balaban J connectivity index is 1.80. The lowest BCUT2D eigenvalue weighted by Crippen LogP contribution is -2.24. The zero-order valence-corrected chi connectivity index (χ0v) is 11.4. The van der Waals surface area contributed by atoms with E-state index in [4.69, 9.17) is 4.42 Å². The molecule has 0 radical (unpaired) electrons. The lowest BCUT2D eigenvalue weighted by molar-refractivity contribution is 0.379. The molecular formula is C17H21NO. The zero-order chi connectivity index (χ0) is 13.1. The molecule has 1 heterocycles. The van der Waals surface area contributed by atoms with E-state index in [1.54, 1.807) is 6.26 Å². The van der Waals surface area contributed by atoms with Gasteiger partial charge in [-0.15, -0.1) is 0 Å². The normalized spacial score (nSPS) is 20.6. The third-order valence-electron chi connectivity index (χ3n) is 4.04. The van der Waals surface area contributed by atoms with E-state index in [9.17, 15) is 0 Å². The fraction of sp³-hybridized carbons (Fsp3) is 0.412. The lowest BCUT2D eigenvalue weighted by Gasteiger charge is -2.23. The largest absolute Gasteiger partial charge is 0.468 e. The van der Waals surface area contributed by atoms with E-state index in [-0.39, 0.29) is 6.04 Å². The molecule has 0 amide bonds. The number of benzene rings is 1. The van der Waals surface area contributed by atoms with E-state index in [1.165, 1.54) is 36.8 Å². The molecule has 0 saturated carbocycles. The average molecular weight is 255 g/mol. The number of aryl methyl sites for hydroxylation is 1. The van der Waals surface area contributed by atoms with Crippen molar-refractivity contribution in [2.24, 2.45) is 0 Å². The molecule has 0 fully saturated rings. The third kappa shape index (κ3) is 2.74. The molecule has 0 saturated heterocycles. The van der Waals surface area contributed by atoms with Gasteiger partial charge in [0, 0.05) is 6.04 Å². The first kappa shape index (κ1) is 12.5. The average Bonchev–Trinajstić information content (AvgIpc) is 2.90. The second-order valence-electron chi connectivity index (χ2n) is 5.40. The standard InChI is InChI=1S/C17H21NO/c1-13(17-11-6-12-19-17)18-16-10-5-3-8-14-7-2-4-9-15(14)16/h2,4,6-7,9,11-13,16,18H,3,5,8,10H2,1H3/t13-,16?/m1/s1. The Bertz CT molecular complexity index is 518. The predicted octanol–water partition coefficient (Wildman–Crippen LogP) is 4.40. The molecule has 2 nitrogen and oxygen atoms in total. The van der Waals surface area contributed by atoms with Crippen LogP contribution in [0.2, 0.25) is 0 Å². The van der Waals surface area contributed by atoms with Crippen LogP contribution >= 0.6 is 0 Å². The summed E-state index contributed by atoms with van der Waals surface area (Å²) in [7, 11) is 0. The highest BCUT2D eigenvalue weighted by atomic mass is 16.3. The summed E-state index contributed by atoms with van der Waals surface area (Å²) in [6.07, 6.45) is 6.75. The quantitative estimate of drug-likeness (QED) is 0.822. The molecule has 19 heavy (non-hydrogen) atoms. The zero-order valence-electron chi connectivity index (χ0n) is 11.4. The summed E-state index contributed by atoms with van der Waals surface area (Å²) in [6, 6.07) is 13.5. The monoisotopic (exact) mass is 255 g/mol. The van der Waals surface area contributed by atoms with E-state index in [0.29, 0.717) is 6.04 Å². The number of hydrogen-bond acceptors (Lipinski definition) is 2. The SMILES string of the molecule is C[C@@H](NC1CCCCc2ccccc21)c1ccco1. The van der Waals surface area contributed by atoms with Crippen molar-refractivity contribution in [2.75, 3.05) is 0 Å². The fourth-order valence-electron chi connectivity index (χ4n) is 3.02. The lowest BCUT2D eigenvalue weighted by atomic mass is 9.98. The molecule has 2 heteroatoms. The van der Waals surface area contributed by atoms with Gasteiger partial charge < -0.3 is 9.73 Å². The van der Waals surface area contributed by atoms with Crippen molar-refractivity contribution < 1.29 is 4.42 Å². The maximum Gasteiger partial charge on any atom is 0.120 e. The second-order valence-corrected chi connectivity index (χ2v) is 5.40. The highest BCUT2D eigenvalue weighted by molar-refractivity contribution is 5.31. The summed E-state index contributed by atoms with van der Waals surface area (Å²) in [4.78, 5) is 0. The Morgan fingerprint density at radius 2 is 2.05 bits per heavy atom. The van der Waals surface area contributed by atoms with Gasteiger partial charge in [-0.1, -0.05) is 30.7 Å². The maximum atomic E-state index is 5.49. The third-order valence-corrected chi connectivity index (χ3v) is 4.04. The van der Waals surface area contributed by atoms with Gasteiger partial charge >= 0.3 is 0 Å². The fourth-order valence-corrected chi connectivity index (χ4v) is 3.02. The van der Waals surface area contributed by atoms with Crippen molar-refractivity contribution in [3.8, 4) is 0 Å². The van der Waals surface area contributed by atoms with Gasteiger partial charge in [0.2, 0.25) is 0 Å². The summed E-state index contributed by atoms with van der Waals surface area (Å²) in [5, 5.41) is 3.72. The number of fused-ring (bicyclic) bond motifs is 1. The molecule has 1 unspecified atom stereocenters. The van der Waals surface area contributed by atoms with Crippen LogP contribution in [-0.4, -0.2) is 0 Å². The molecule has 1 N–H and O–H groups in total. The Labute approximate surface area is 114 Å². The molecule has 0 bridgehead atoms. The second kappa shape index (κ2) is 5.62. The summed E-state index contributed by atoms with van der Waals surface area (Å²) >= 11 is 0. The number of rotatable bonds is 3. The van der Waals surface area contributed by atoms with Gasteiger partial charge in [-0.2, -0.15) is 0 Å². The highest BCUT2D eigenvalue weighted by Crippen LogP contribution is 2.30. The van der Waals surface area contributed by atoms with E-state index in [2.05, 4.69) is 36.5 Å². The summed E-state index contributed by atoms with van der Waals surface area (Å²) in [6.45, 7) is 2.17. The van der Waals surface area contributed by atoms with Crippen LogP contribution in [0.4, 0.5) is 0 Å². The van der Waals surface area contributed by atoms with Gasteiger partial charge in [-0.05, 0) is 49.4 Å². The number of nitrogens with one attached hydrogen (secondary N) is 1. The first-order valence-electron chi connectivity index (χ1n) is 7.22. The van der Waals surface area contributed by atoms with Crippen molar-refractivity contribution in [1.29, 1.82) is 0 Å². The highest BCUT2D eigenvalue weighted by Gasteiger charge is 2.20. The van der Waals surface area contributed by atoms with E-state index < -0.39 is 0 Å². The van der Waals surface area contributed by atoms with Crippen LogP contribution in [0.1, 0.15) is 55.2 Å². The van der Waals surface area contributed by atoms with E-state index in [1.807, 2.05) is 12.1 Å². The number of hydrogen-bond donors (Lipinski definition) is 1. The summed E-state index contributed by atoms with van der Waals surface area (Å²) in [5.74, 6) is 1.02. The van der Waals surface area contributed by atoms with Crippen LogP contribution in [0.15, 0.2) is 47.1 Å². The van der Waals surface area contributed by atoms with Crippen molar-refractivity contribution >= 4 is 0 Å². The molecule has 1 aliphatic carbocycles. The van der Waals surface area contributed by atoms with Crippen LogP contribution < -0.4 is 5.32 Å². The Hall–Kier alpha value is -1.54. The molecule has 0 aliphatic heterocycles. The van der Waals surface area contributed by atoms with Crippen LogP contribution in [0, 0.1) is 0 Å². The molecule has 1 aromatic carbocycles. The van der Waals surface area contributed by atoms with E-state index >= 15 is 0 Å². The number of furan rings is 1. The van der Waals surface area contributed by atoms with Gasteiger partial charge in [0.05, 0.1) is 12.3 Å². The molecule has 3 rings (SSSR count). The molecular weight excluding hydrogens is 234 g/mol. The van der Waals surface area contributed by atoms with Crippen LogP contribution in [0.3, 0.4) is 0 Å². The van der Waals surface area contributed by atoms with Gasteiger partial charge in [-0.25, -0.2) is 0 Å². The van der Waals surface area contributed by atoms with Crippen LogP contribution in [0.5, 0.6) is 0 Å². The molecule has 2 atom stereocenters. The summed E-state index contributed by atoms with van der Waals surface area (Å²) in [5.41, 5.74) is 2.97. The topological polar surface area (TPSA) is 25.2 Å². The van der Waals surface area contributed by atoms with Gasteiger partial charge in [0.15, 0.2) is 0 Å². The first-order chi connectivity index (χ1) is 9.34. The molecule has 1 aromatic heterocycles. The van der Waals surface area contributed by atoms with Crippen LogP contribution in [0.25, 0.3) is 0 Å². The van der Waals surface area contributed by atoms with Crippen molar-refractivity contribution in [2.45, 2.75) is 44.7 Å². The van der Waals surface area contributed by atoms with Crippen LogP contribution in [-0.2, 0) is 6.42 Å². The molecule has 2 aromatic rings. The molecule has 1 aliphatic rings. The van der Waals surface area contributed by atoms with Crippen molar-refractivity contribution in [1.82, 2.24) is 5.32 Å².